The van der Waals surface area contributed by atoms with E-state index < -0.39 is 0 Å². The van der Waals surface area contributed by atoms with E-state index in [9.17, 15) is 4.79 Å². The fraction of sp³-hybridized carbons (Fsp3) is 0.900. The highest BCUT2D eigenvalue weighted by atomic mass is 16.5. The molecule has 76 valence electrons. The number of carbonyl (C=O) groups excluding carboxylic acids is 1. The normalized spacial score (nSPS) is 34.5. The number of ketones is 1. The van der Waals surface area contributed by atoms with E-state index in [4.69, 9.17) is 9.47 Å². The second-order valence-electron chi connectivity index (χ2n) is 3.86. The van der Waals surface area contributed by atoms with E-state index in [2.05, 4.69) is 0 Å². The molecule has 0 spiro atoms. The summed E-state index contributed by atoms with van der Waals surface area (Å²) in [6.07, 6.45) is 2.50. The smallest absolute Gasteiger partial charge is 0.155 e. The van der Waals surface area contributed by atoms with Gasteiger partial charge in [-0.25, -0.2) is 0 Å². The zero-order valence-corrected chi connectivity index (χ0v) is 8.58. The lowest BCUT2D eigenvalue weighted by atomic mass is 10.0. The Bertz CT molecular complexity index is 169. The first-order valence-corrected chi connectivity index (χ1v) is 4.84. The minimum atomic E-state index is 0.0896. The van der Waals surface area contributed by atoms with Gasteiger partial charge >= 0.3 is 0 Å². The highest BCUT2D eigenvalue weighted by molar-refractivity contribution is 5.76. The second kappa shape index (κ2) is 4.72. The monoisotopic (exact) mass is 186 g/mol. The predicted octanol–water partition coefficient (Wildman–Crippen LogP) is 1.55. The Morgan fingerprint density at radius 3 is 2.38 bits per heavy atom. The van der Waals surface area contributed by atoms with Gasteiger partial charge < -0.3 is 9.47 Å². The molecule has 0 N–H and O–H groups in total. The number of Topliss-reactive ketones (excluding diaryl/α,β-unsaturated/α-hetero) is 1. The van der Waals surface area contributed by atoms with Gasteiger partial charge in [-0.2, -0.15) is 0 Å². The zero-order chi connectivity index (χ0) is 9.84. The fourth-order valence-electron chi connectivity index (χ4n) is 1.72. The van der Waals surface area contributed by atoms with Gasteiger partial charge in [-0.15, -0.1) is 0 Å². The summed E-state index contributed by atoms with van der Waals surface area (Å²) in [4.78, 5) is 10.7. The molecule has 0 aromatic carbocycles. The number of hydrogen-bond donors (Lipinski definition) is 0. The van der Waals surface area contributed by atoms with Crippen LogP contribution in [-0.2, 0) is 14.3 Å². The first kappa shape index (κ1) is 10.7. The van der Waals surface area contributed by atoms with Crippen LogP contribution in [0.25, 0.3) is 0 Å². The lowest BCUT2D eigenvalue weighted by Crippen LogP contribution is -2.34. The van der Waals surface area contributed by atoms with Crippen LogP contribution in [0.2, 0.25) is 0 Å². The largest absolute Gasteiger partial charge is 0.375 e. The van der Waals surface area contributed by atoms with Gasteiger partial charge in [0.05, 0.1) is 18.3 Å². The first-order valence-electron chi connectivity index (χ1n) is 4.84. The minimum Gasteiger partial charge on any atom is -0.375 e. The Kier molecular flexibility index (Phi) is 3.88. The summed E-state index contributed by atoms with van der Waals surface area (Å²) < 4.78 is 11.0. The Balaban J connectivity index is 2.28. The Hall–Kier alpha value is -0.410. The zero-order valence-electron chi connectivity index (χ0n) is 8.58. The lowest BCUT2D eigenvalue weighted by molar-refractivity contribution is -0.132. The third kappa shape index (κ3) is 3.87. The molecule has 0 bridgehead atoms. The molecule has 3 heteroatoms. The van der Waals surface area contributed by atoms with Crippen molar-refractivity contribution in [2.24, 2.45) is 0 Å². The van der Waals surface area contributed by atoms with Crippen LogP contribution < -0.4 is 0 Å². The maximum Gasteiger partial charge on any atom is 0.155 e. The summed E-state index contributed by atoms with van der Waals surface area (Å²) in [6, 6.07) is 0. The Morgan fingerprint density at radius 1 is 1.38 bits per heavy atom. The third-order valence-corrected chi connectivity index (χ3v) is 2.18. The summed E-state index contributed by atoms with van der Waals surface area (Å²) in [6.45, 7) is 5.87. The maximum atomic E-state index is 10.7. The van der Waals surface area contributed by atoms with Gasteiger partial charge in [0.2, 0.25) is 0 Å². The van der Waals surface area contributed by atoms with E-state index in [-0.39, 0.29) is 30.7 Å². The van der Waals surface area contributed by atoms with Crippen LogP contribution in [0.1, 0.15) is 33.6 Å². The minimum absolute atomic E-state index is 0.0896. The van der Waals surface area contributed by atoms with E-state index in [0.29, 0.717) is 0 Å². The predicted molar refractivity (Wildman–Crippen MR) is 49.7 cm³/mol. The van der Waals surface area contributed by atoms with E-state index in [1.807, 2.05) is 13.8 Å². The van der Waals surface area contributed by atoms with Crippen LogP contribution in [0.4, 0.5) is 0 Å². The van der Waals surface area contributed by atoms with Crippen LogP contribution in [0.15, 0.2) is 0 Å². The molecule has 0 aromatic heterocycles. The SMILES string of the molecule is CC(=O)COC1CC(C)OC(C)C1. The van der Waals surface area contributed by atoms with E-state index in [0.717, 1.165) is 12.8 Å². The van der Waals surface area contributed by atoms with Gasteiger partial charge in [0.1, 0.15) is 6.61 Å². The summed E-state index contributed by atoms with van der Waals surface area (Å²) in [5.74, 6) is 0.0896. The molecule has 2 unspecified atom stereocenters. The molecular formula is C10H18O3. The van der Waals surface area contributed by atoms with Crippen molar-refractivity contribution in [3.05, 3.63) is 0 Å². The van der Waals surface area contributed by atoms with Crippen LogP contribution in [0, 0.1) is 0 Å². The summed E-state index contributed by atoms with van der Waals surface area (Å²) in [7, 11) is 0. The van der Waals surface area contributed by atoms with Crippen molar-refractivity contribution < 1.29 is 14.3 Å². The molecule has 1 aliphatic heterocycles. The van der Waals surface area contributed by atoms with E-state index >= 15 is 0 Å². The van der Waals surface area contributed by atoms with Gasteiger partial charge in [-0.3, -0.25) is 4.79 Å². The van der Waals surface area contributed by atoms with Gasteiger partial charge in [0, 0.05) is 0 Å². The summed E-state index contributed by atoms with van der Waals surface area (Å²) in [5.41, 5.74) is 0. The number of ether oxygens (including phenoxy) is 2. The number of rotatable bonds is 3. The molecule has 3 nitrogen and oxygen atoms in total. The molecule has 0 radical (unpaired) electrons. The molecule has 0 amide bonds. The first-order chi connectivity index (χ1) is 6.08. The molecule has 1 rings (SSSR count). The van der Waals surface area contributed by atoms with Crippen molar-refractivity contribution in [2.75, 3.05) is 6.61 Å². The van der Waals surface area contributed by atoms with Gasteiger partial charge in [-0.05, 0) is 33.6 Å². The average molecular weight is 186 g/mol. The maximum absolute atomic E-state index is 10.7. The molecule has 2 atom stereocenters. The third-order valence-electron chi connectivity index (χ3n) is 2.18. The van der Waals surface area contributed by atoms with Crippen molar-refractivity contribution in [2.45, 2.75) is 51.9 Å². The number of hydrogen-bond acceptors (Lipinski definition) is 3. The summed E-state index contributed by atoms with van der Waals surface area (Å²) >= 11 is 0. The summed E-state index contributed by atoms with van der Waals surface area (Å²) in [5, 5.41) is 0. The van der Waals surface area contributed by atoms with Crippen molar-refractivity contribution in [1.82, 2.24) is 0 Å². The van der Waals surface area contributed by atoms with Crippen LogP contribution >= 0.6 is 0 Å². The standard InChI is InChI=1S/C10H18O3/c1-7(11)6-12-10-4-8(2)13-9(3)5-10/h8-10H,4-6H2,1-3H3. The van der Waals surface area contributed by atoms with Gasteiger partial charge in [-0.1, -0.05) is 0 Å². The van der Waals surface area contributed by atoms with Crippen molar-refractivity contribution >= 4 is 5.78 Å². The van der Waals surface area contributed by atoms with Crippen molar-refractivity contribution in [3.63, 3.8) is 0 Å². The van der Waals surface area contributed by atoms with Crippen molar-refractivity contribution in [3.8, 4) is 0 Å². The second-order valence-corrected chi connectivity index (χ2v) is 3.86. The molecule has 0 aliphatic carbocycles. The molecule has 1 aliphatic rings. The highest BCUT2D eigenvalue weighted by Crippen LogP contribution is 2.21. The van der Waals surface area contributed by atoms with Crippen molar-refractivity contribution in [1.29, 1.82) is 0 Å². The highest BCUT2D eigenvalue weighted by Gasteiger charge is 2.24. The fourth-order valence-corrected chi connectivity index (χ4v) is 1.72. The Morgan fingerprint density at radius 2 is 1.92 bits per heavy atom. The van der Waals surface area contributed by atoms with Gasteiger partial charge in [0.15, 0.2) is 5.78 Å². The molecule has 1 fully saturated rings. The van der Waals surface area contributed by atoms with E-state index in [1.165, 1.54) is 0 Å². The average Bonchev–Trinajstić information content (AvgIpc) is 1.99. The van der Waals surface area contributed by atoms with Gasteiger partial charge in [0.25, 0.3) is 0 Å². The quantitative estimate of drug-likeness (QED) is 0.670. The Labute approximate surface area is 79.4 Å². The molecule has 0 saturated carbocycles. The topological polar surface area (TPSA) is 35.5 Å². The molecule has 13 heavy (non-hydrogen) atoms. The number of carbonyl (C=O) groups is 1. The van der Waals surface area contributed by atoms with Crippen LogP contribution in [0.5, 0.6) is 0 Å². The van der Waals surface area contributed by atoms with Crippen LogP contribution in [-0.4, -0.2) is 30.7 Å². The van der Waals surface area contributed by atoms with Crippen LogP contribution in [0.3, 0.4) is 0 Å². The molecule has 1 saturated heterocycles. The molecule has 0 aromatic rings. The molecular weight excluding hydrogens is 168 g/mol. The lowest BCUT2D eigenvalue weighted by Gasteiger charge is -2.31. The van der Waals surface area contributed by atoms with E-state index in [1.54, 1.807) is 6.92 Å². The molecule has 1 heterocycles.